The Morgan fingerprint density at radius 1 is 1.35 bits per heavy atom. The third kappa shape index (κ3) is 3.33. The summed E-state index contributed by atoms with van der Waals surface area (Å²) in [6.45, 7) is 1.32. The van der Waals surface area contributed by atoms with E-state index in [0.717, 1.165) is 24.9 Å². The molecule has 1 aromatic rings. The van der Waals surface area contributed by atoms with Gasteiger partial charge in [-0.2, -0.15) is 0 Å². The quantitative estimate of drug-likeness (QED) is 0.742. The smallest absolute Gasteiger partial charge is 0.0719 e. The van der Waals surface area contributed by atoms with Crippen LogP contribution in [0.15, 0.2) is 30.3 Å². The molecule has 0 aliphatic carbocycles. The van der Waals surface area contributed by atoms with Gasteiger partial charge in [0, 0.05) is 12.2 Å². The summed E-state index contributed by atoms with van der Waals surface area (Å²) in [5.41, 5.74) is 1.06. The molecule has 0 aromatic heterocycles. The van der Waals surface area contributed by atoms with Gasteiger partial charge in [0.25, 0.3) is 0 Å². The topological polar surface area (TPSA) is 23.5 Å². The molecule has 1 saturated heterocycles. The first-order valence-electron chi connectivity index (χ1n) is 6.17. The van der Waals surface area contributed by atoms with E-state index in [4.69, 9.17) is 0 Å². The molecule has 1 aliphatic rings. The van der Waals surface area contributed by atoms with Crippen LogP contribution in [0.3, 0.4) is 0 Å². The highest BCUT2D eigenvalue weighted by molar-refractivity contribution is 5.34. The molecule has 2 atom stereocenters. The maximum absolute atomic E-state index is 9.21. The molecule has 17 heavy (non-hydrogen) atoms. The molecule has 1 aromatic carbocycles. The molecule has 0 spiro atoms. The zero-order chi connectivity index (χ0) is 12.1. The molecule has 0 amide bonds. The van der Waals surface area contributed by atoms with Crippen LogP contribution in [0.4, 0.5) is 0 Å². The van der Waals surface area contributed by atoms with E-state index in [1.165, 1.54) is 0 Å². The molecule has 1 aliphatic heterocycles. The summed E-state index contributed by atoms with van der Waals surface area (Å²) in [6, 6.07) is 10.3. The SMILES string of the molecule is CN1CCC(CO)C[C@@H]1C#Cc1ccccc1. The van der Waals surface area contributed by atoms with Crippen molar-refractivity contribution in [1.29, 1.82) is 0 Å². The van der Waals surface area contributed by atoms with Crippen LogP contribution < -0.4 is 0 Å². The van der Waals surface area contributed by atoms with Crippen LogP contribution in [0, 0.1) is 17.8 Å². The second-order valence-electron chi connectivity index (χ2n) is 4.70. The van der Waals surface area contributed by atoms with Crippen LogP contribution >= 0.6 is 0 Å². The third-order valence-corrected chi connectivity index (χ3v) is 3.39. The Kier molecular flexibility index (Phi) is 4.19. The second kappa shape index (κ2) is 5.86. The van der Waals surface area contributed by atoms with E-state index in [1.54, 1.807) is 0 Å². The minimum Gasteiger partial charge on any atom is -0.396 e. The first-order chi connectivity index (χ1) is 8.29. The Labute approximate surface area is 103 Å². The molecule has 1 N–H and O–H groups in total. The van der Waals surface area contributed by atoms with Gasteiger partial charge in [-0.25, -0.2) is 0 Å². The number of aliphatic hydroxyl groups excluding tert-OH is 1. The van der Waals surface area contributed by atoms with E-state index in [9.17, 15) is 5.11 Å². The third-order valence-electron chi connectivity index (χ3n) is 3.39. The molecular formula is C15H19NO. The normalized spacial score (nSPS) is 25.1. The van der Waals surface area contributed by atoms with Crippen LogP contribution in [0.2, 0.25) is 0 Å². The number of rotatable bonds is 1. The molecule has 2 nitrogen and oxygen atoms in total. The van der Waals surface area contributed by atoms with E-state index in [0.29, 0.717) is 5.92 Å². The number of benzene rings is 1. The predicted octanol–water partition coefficient (Wildman–Crippen LogP) is 1.74. The standard InChI is InChI=1S/C15H19NO/c1-16-10-9-14(12-17)11-15(16)8-7-13-5-3-2-4-6-13/h2-6,14-15,17H,9-12H2,1H3/t14?,15-/m0/s1. The summed E-state index contributed by atoms with van der Waals surface area (Å²) in [4.78, 5) is 2.28. The number of nitrogens with zero attached hydrogens (tertiary/aromatic N) is 1. The summed E-state index contributed by atoms with van der Waals surface area (Å²) < 4.78 is 0. The van der Waals surface area contributed by atoms with Gasteiger partial charge in [-0.15, -0.1) is 0 Å². The lowest BCUT2D eigenvalue weighted by atomic mass is 9.92. The van der Waals surface area contributed by atoms with Crippen molar-refractivity contribution in [2.75, 3.05) is 20.2 Å². The maximum atomic E-state index is 9.21. The van der Waals surface area contributed by atoms with E-state index >= 15 is 0 Å². The van der Waals surface area contributed by atoms with E-state index in [-0.39, 0.29) is 12.6 Å². The largest absolute Gasteiger partial charge is 0.396 e. The number of piperidine rings is 1. The molecular weight excluding hydrogens is 210 g/mol. The van der Waals surface area contributed by atoms with Crippen molar-refractivity contribution in [3.8, 4) is 11.8 Å². The summed E-state index contributed by atoms with van der Waals surface area (Å²) >= 11 is 0. The zero-order valence-corrected chi connectivity index (χ0v) is 10.3. The van der Waals surface area contributed by atoms with Crippen LogP contribution in [0.5, 0.6) is 0 Å². The number of aliphatic hydroxyl groups is 1. The maximum Gasteiger partial charge on any atom is 0.0719 e. The summed E-state index contributed by atoms with van der Waals surface area (Å²) in [5.74, 6) is 6.95. The molecule has 1 fully saturated rings. The lowest BCUT2D eigenvalue weighted by Crippen LogP contribution is -2.39. The molecule has 2 heteroatoms. The zero-order valence-electron chi connectivity index (χ0n) is 10.3. The van der Waals surface area contributed by atoms with Crippen molar-refractivity contribution in [2.24, 2.45) is 5.92 Å². The highest BCUT2D eigenvalue weighted by atomic mass is 16.3. The summed E-state index contributed by atoms with van der Waals surface area (Å²) in [7, 11) is 2.11. The van der Waals surface area contributed by atoms with Gasteiger partial charge in [-0.05, 0) is 44.5 Å². The van der Waals surface area contributed by atoms with Gasteiger partial charge < -0.3 is 5.11 Å². The molecule has 0 bridgehead atoms. The predicted molar refractivity (Wildman–Crippen MR) is 69.5 cm³/mol. The summed E-state index contributed by atoms with van der Waals surface area (Å²) in [6.07, 6.45) is 2.06. The van der Waals surface area contributed by atoms with Gasteiger partial charge in [0.05, 0.1) is 6.04 Å². The lowest BCUT2D eigenvalue weighted by molar-refractivity contribution is 0.124. The Morgan fingerprint density at radius 2 is 2.12 bits per heavy atom. The minimum atomic E-state index is 0.279. The summed E-state index contributed by atoms with van der Waals surface area (Å²) in [5, 5.41) is 9.21. The fourth-order valence-electron chi connectivity index (χ4n) is 2.18. The second-order valence-corrected chi connectivity index (χ2v) is 4.70. The van der Waals surface area contributed by atoms with Crippen molar-refractivity contribution in [2.45, 2.75) is 18.9 Å². The van der Waals surface area contributed by atoms with Crippen molar-refractivity contribution < 1.29 is 5.11 Å². The lowest BCUT2D eigenvalue weighted by Gasteiger charge is -2.33. The minimum absolute atomic E-state index is 0.279. The molecule has 2 rings (SSSR count). The fraction of sp³-hybridized carbons (Fsp3) is 0.467. The van der Waals surface area contributed by atoms with Crippen molar-refractivity contribution in [3.05, 3.63) is 35.9 Å². The molecule has 0 saturated carbocycles. The Hall–Kier alpha value is -1.30. The first-order valence-corrected chi connectivity index (χ1v) is 6.17. The van der Waals surface area contributed by atoms with Gasteiger partial charge in [-0.1, -0.05) is 30.0 Å². The molecule has 1 heterocycles. The molecule has 0 radical (unpaired) electrons. The molecule has 1 unspecified atom stereocenters. The van der Waals surface area contributed by atoms with Gasteiger partial charge in [0.15, 0.2) is 0 Å². The van der Waals surface area contributed by atoms with Crippen LogP contribution in [-0.4, -0.2) is 36.2 Å². The fourth-order valence-corrected chi connectivity index (χ4v) is 2.18. The van der Waals surface area contributed by atoms with Crippen molar-refractivity contribution >= 4 is 0 Å². The van der Waals surface area contributed by atoms with Gasteiger partial charge in [0.1, 0.15) is 0 Å². The Morgan fingerprint density at radius 3 is 2.82 bits per heavy atom. The van der Waals surface area contributed by atoms with E-state index in [1.807, 2.05) is 30.3 Å². The monoisotopic (exact) mass is 229 g/mol. The molecule has 90 valence electrons. The van der Waals surface area contributed by atoms with Gasteiger partial charge >= 0.3 is 0 Å². The highest BCUT2D eigenvalue weighted by Gasteiger charge is 2.23. The average molecular weight is 229 g/mol. The Bertz CT molecular complexity index is 404. The van der Waals surface area contributed by atoms with Crippen molar-refractivity contribution in [1.82, 2.24) is 4.90 Å². The van der Waals surface area contributed by atoms with Crippen molar-refractivity contribution in [3.63, 3.8) is 0 Å². The van der Waals surface area contributed by atoms with Crippen LogP contribution in [0.1, 0.15) is 18.4 Å². The average Bonchev–Trinajstić information content (AvgIpc) is 2.39. The first kappa shape index (κ1) is 12.2. The number of hydrogen-bond donors (Lipinski definition) is 1. The highest BCUT2D eigenvalue weighted by Crippen LogP contribution is 2.20. The van der Waals surface area contributed by atoms with Gasteiger partial charge in [0.2, 0.25) is 0 Å². The van der Waals surface area contributed by atoms with E-state index < -0.39 is 0 Å². The van der Waals surface area contributed by atoms with Gasteiger partial charge in [-0.3, -0.25) is 4.90 Å². The number of hydrogen-bond acceptors (Lipinski definition) is 2. The van der Waals surface area contributed by atoms with Crippen LogP contribution in [-0.2, 0) is 0 Å². The van der Waals surface area contributed by atoms with E-state index in [2.05, 4.69) is 23.8 Å². The number of likely N-dealkylation sites (tertiary alicyclic amines) is 1. The Balaban J connectivity index is 2.04. The van der Waals surface area contributed by atoms with Crippen LogP contribution in [0.25, 0.3) is 0 Å².